The van der Waals surface area contributed by atoms with Crippen LogP contribution in [0.25, 0.3) is 10.9 Å². The Morgan fingerprint density at radius 2 is 1.83 bits per heavy atom. The van der Waals surface area contributed by atoms with Gasteiger partial charge in [0.2, 0.25) is 5.95 Å². The van der Waals surface area contributed by atoms with E-state index in [0.29, 0.717) is 17.9 Å². The summed E-state index contributed by atoms with van der Waals surface area (Å²) in [6.07, 6.45) is 4.63. The van der Waals surface area contributed by atoms with Crippen molar-refractivity contribution in [2.45, 2.75) is 45.6 Å². The van der Waals surface area contributed by atoms with Crippen LogP contribution in [0.3, 0.4) is 0 Å². The highest BCUT2D eigenvalue weighted by Gasteiger charge is 2.22. The molecule has 1 aliphatic rings. The van der Waals surface area contributed by atoms with Crippen molar-refractivity contribution in [3.8, 4) is 0 Å². The molecule has 1 aromatic carbocycles. The van der Waals surface area contributed by atoms with Crippen molar-refractivity contribution in [1.29, 1.82) is 0 Å². The van der Waals surface area contributed by atoms with Gasteiger partial charge in [-0.25, -0.2) is 4.98 Å². The first-order chi connectivity index (χ1) is 13.9. The summed E-state index contributed by atoms with van der Waals surface area (Å²) in [4.78, 5) is 11.6. The number of fused-ring (bicyclic) bond motifs is 1. The third-order valence-electron chi connectivity index (χ3n) is 5.41. The molecule has 1 fully saturated rings. The lowest BCUT2D eigenvalue weighted by Gasteiger charge is -2.30. The molecule has 1 aliphatic carbocycles. The van der Waals surface area contributed by atoms with Crippen LogP contribution in [0.5, 0.6) is 0 Å². The van der Waals surface area contributed by atoms with Gasteiger partial charge in [0, 0.05) is 38.6 Å². The van der Waals surface area contributed by atoms with Crippen molar-refractivity contribution in [2.24, 2.45) is 11.8 Å². The van der Waals surface area contributed by atoms with Gasteiger partial charge in [0.1, 0.15) is 5.82 Å². The number of hydrogen-bond donors (Lipinski definition) is 3. The van der Waals surface area contributed by atoms with Gasteiger partial charge in [0.05, 0.1) is 5.52 Å². The average molecular weight is 415 g/mol. The molecule has 158 valence electrons. The second-order valence-electron chi connectivity index (χ2n) is 8.63. The van der Waals surface area contributed by atoms with E-state index in [1.165, 1.54) is 12.8 Å². The fraction of sp³-hybridized carbons (Fsp3) is 0.591. The van der Waals surface area contributed by atoms with E-state index in [4.69, 9.17) is 22.2 Å². The monoisotopic (exact) mass is 414 g/mol. The Bertz CT molecular complexity index is 814. The molecule has 0 saturated heterocycles. The molecule has 0 bridgehead atoms. The normalized spacial score (nSPS) is 19.2. The molecule has 2 aromatic rings. The van der Waals surface area contributed by atoms with E-state index in [1.54, 1.807) is 0 Å². The first kappa shape index (κ1) is 21.6. The van der Waals surface area contributed by atoms with Crippen molar-refractivity contribution < 1.29 is 0 Å². The summed E-state index contributed by atoms with van der Waals surface area (Å²) in [5, 5.41) is 12.1. The Balaban J connectivity index is 1.51. The number of aromatic nitrogens is 2. The fourth-order valence-electron chi connectivity index (χ4n) is 3.76. The topological polar surface area (TPSA) is 65.1 Å². The van der Waals surface area contributed by atoms with E-state index in [2.05, 4.69) is 35.9 Å². The summed E-state index contributed by atoms with van der Waals surface area (Å²) in [5.41, 5.74) is 0.981. The van der Waals surface area contributed by atoms with Crippen molar-refractivity contribution in [3.05, 3.63) is 24.3 Å². The minimum atomic E-state index is 0.424. The summed E-state index contributed by atoms with van der Waals surface area (Å²) in [7, 11) is 4.05. The van der Waals surface area contributed by atoms with Crippen molar-refractivity contribution in [2.75, 3.05) is 37.4 Å². The second-order valence-corrected chi connectivity index (χ2v) is 9.04. The van der Waals surface area contributed by atoms with E-state index in [1.807, 2.05) is 37.2 Å². The maximum Gasteiger partial charge on any atom is 0.225 e. The third-order valence-corrected chi connectivity index (χ3v) is 5.70. The van der Waals surface area contributed by atoms with Crippen LogP contribution in [0.15, 0.2) is 24.3 Å². The van der Waals surface area contributed by atoms with Crippen LogP contribution in [0, 0.1) is 11.8 Å². The van der Waals surface area contributed by atoms with Gasteiger partial charge >= 0.3 is 0 Å². The van der Waals surface area contributed by atoms with Crippen LogP contribution in [-0.2, 0) is 0 Å². The zero-order valence-electron chi connectivity index (χ0n) is 18.0. The summed E-state index contributed by atoms with van der Waals surface area (Å²) in [6, 6.07) is 8.61. The smallest absolute Gasteiger partial charge is 0.225 e. The molecule has 0 amide bonds. The lowest BCUT2D eigenvalue weighted by atomic mass is 9.86. The first-order valence-corrected chi connectivity index (χ1v) is 11.1. The number of nitrogens with zero attached hydrogens (tertiary/aromatic N) is 3. The summed E-state index contributed by atoms with van der Waals surface area (Å²) >= 11 is 5.37. The Kier molecular flexibility index (Phi) is 7.47. The molecular formula is C22H34N6S. The molecule has 7 heteroatoms. The number of benzene rings is 1. The van der Waals surface area contributed by atoms with Gasteiger partial charge < -0.3 is 20.9 Å². The molecule has 0 spiro atoms. The van der Waals surface area contributed by atoms with E-state index in [0.717, 1.165) is 53.7 Å². The zero-order valence-corrected chi connectivity index (χ0v) is 18.9. The van der Waals surface area contributed by atoms with Crippen LogP contribution >= 0.6 is 12.2 Å². The highest BCUT2D eigenvalue weighted by molar-refractivity contribution is 7.80. The van der Waals surface area contributed by atoms with Crippen LogP contribution in [-0.4, -0.2) is 48.3 Å². The molecule has 0 atom stereocenters. The highest BCUT2D eigenvalue weighted by Crippen LogP contribution is 2.28. The van der Waals surface area contributed by atoms with Gasteiger partial charge in [-0.3, -0.25) is 0 Å². The molecule has 29 heavy (non-hydrogen) atoms. The second kappa shape index (κ2) is 10.1. The van der Waals surface area contributed by atoms with Gasteiger partial charge in [-0.05, 0) is 61.9 Å². The SMILES string of the molecule is CC(C)CNC(=S)NCC1CCC(Nc2nc(N(C)C)c3ccccc3n2)CC1. The maximum atomic E-state index is 5.37. The van der Waals surface area contributed by atoms with Gasteiger partial charge in [-0.15, -0.1) is 0 Å². The summed E-state index contributed by atoms with van der Waals surface area (Å²) < 4.78 is 0. The van der Waals surface area contributed by atoms with E-state index >= 15 is 0 Å². The van der Waals surface area contributed by atoms with Gasteiger partial charge in [-0.2, -0.15) is 4.98 Å². The quantitative estimate of drug-likeness (QED) is 0.596. The number of anilines is 2. The minimum Gasteiger partial charge on any atom is -0.362 e. The van der Waals surface area contributed by atoms with Crippen molar-refractivity contribution >= 4 is 40.0 Å². The van der Waals surface area contributed by atoms with Crippen molar-refractivity contribution in [3.63, 3.8) is 0 Å². The van der Waals surface area contributed by atoms with E-state index in [9.17, 15) is 0 Å². The van der Waals surface area contributed by atoms with Crippen molar-refractivity contribution in [1.82, 2.24) is 20.6 Å². The molecular weight excluding hydrogens is 380 g/mol. The summed E-state index contributed by atoms with van der Waals surface area (Å²) in [6.45, 7) is 6.24. The number of para-hydroxylation sites is 1. The molecule has 0 aliphatic heterocycles. The van der Waals surface area contributed by atoms with Crippen LogP contribution in [0.2, 0.25) is 0 Å². The van der Waals surface area contributed by atoms with Crippen LogP contribution in [0.4, 0.5) is 11.8 Å². The lowest BCUT2D eigenvalue weighted by molar-refractivity contribution is 0.335. The summed E-state index contributed by atoms with van der Waals surface area (Å²) in [5.74, 6) is 2.95. The fourth-order valence-corrected chi connectivity index (χ4v) is 3.92. The average Bonchev–Trinajstić information content (AvgIpc) is 2.71. The molecule has 0 radical (unpaired) electrons. The van der Waals surface area contributed by atoms with E-state index in [-0.39, 0.29) is 0 Å². The Labute approximate surface area is 179 Å². The third kappa shape index (κ3) is 6.16. The van der Waals surface area contributed by atoms with Gasteiger partial charge in [0.15, 0.2) is 5.11 Å². The highest BCUT2D eigenvalue weighted by atomic mass is 32.1. The lowest BCUT2D eigenvalue weighted by Crippen LogP contribution is -2.40. The zero-order chi connectivity index (χ0) is 20.8. The Hall–Kier alpha value is -2.15. The van der Waals surface area contributed by atoms with E-state index < -0.39 is 0 Å². The largest absolute Gasteiger partial charge is 0.362 e. The molecule has 0 unspecified atom stereocenters. The number of hydrogen-bond acceptors (Lipinski definition) is 5. The molecule has 1 heterocycles. The van der Waals surface area contributed by atoms with Crippen LogP contribution < -0.4 is 20.9 Å². The molecule has 3 rings (SSSR count). The van der Waals surface area contributed by atoms with Gasteiger partial charge in [-0.1, -0.05) is 26.0 Å². The standard InChI is InChI=1S/C22H34N6S/c1-15(2)13-23-22(29)24-14-16-9-11-17(12-10-16)25-21-26-19-8-6-5-7-18(19)20(27-21)28(3)4/h5-8,15-17H,9-14H2,1-4H3,(H2,23,24,29)(H,25,26,27). The number of thiocarbonyl (C=S) groups is 1. The first-order valence-electron chi connectivity index (χ1n) is 10.6. The molecule has 6 nitrogen and oxygen atoms in total. The molecule has 1 aromatic heterocycles. The predicted molar refractivity (Wildman–Crippen MR) is 127 cm³/mol. The molecule has 3 N–H and O–H groups in total. The minimum absolute atomic E-state index is 0.424. The number of rotatable bonds is 7. The molecule has 1 saturated carbocycles. The Morgan fingerprint density at radius 1 is 1.10 bits per heavy atom. The number of nitrogens with one attached hydrogen (secondary N) is 3. The van der Waals surface area contributed by atoms with Crippen LogP contribution in [0.1, 0.15) is 39.5 Å². The maximum absolute atomic E-state index is 5.37. The Morgan fingerprint density at radius 3 is 2.52 bits per heavy atom. The predicted octanol–water partition coefficient (Wildman–Crippen LogP) is 3.79. The van der Waals surface area contributed by atoms with Gasteiger partial charge in [0.25, 0.3) is 0 Å².